The van der Waals surface area contributed by atoms with Gasteiger partial charge in [-0.15, -0.1) is 0 Å². The first-order valence-electron chi connectivity index (χ1n) is 12.9. The summed E-state index contributed by atoms with van der Waals surface area (Å²) < 4.78 is 40.5. The summed E-state index contributed by atoms with van der Waals surface area (Å²) in [6, 6.07) is 0. The van der Waals surface area contributed by atoms with Crippen molar-refractivity contribution in [3.8, 4) is 0 Å². The zero-order chi connectivity index (χ0) is 27.0. The lowest BCUT2D eigenvalue weighted by atomic mass is 9.99. The molecule has 0 aromatic rings. The summed E-state index contributed by atoms with van der Waals surface area (Å²) >= 11 is 0. The first-order valence-corrected chi connectivity index (χ1v) is 14.5. The van der Waals surface area contributed by atoms with Crippen molar-refractivity contribution < 1.29 is 52.8 Å². The Labute approximate surface area is 213 Å². The third-order valence-electron chi connectivity index (χ3n) is 6.19. The fraction of sp³-hybridized carbons (Fsp3) is 0.957. The van der Waals surface area contributed by atoms with E-state index in [4.69, 9.17) is 14.0 Å². The molecule has 1 saturated heterocycles. The van der Waals surface area contributed by atoms with Gasteiger partial charge in [0.1, 0.15) is 24.4 Å². The van der Waals surface area contributed by atoms with Gasteiger partial charge in [0.15, 0.2) is 6.29 Å². The number of hydrogen-bond acceptors (Lipinski definition) is 10. The van der Waals surface area contributed by atoms with Crippen LogP contribution < -0.4 is 5.32 Å². The fourth-order valence-electron chi connectivity index (χ4n) is 3.99. The van der Waals surface area contributed by atoms with E-state index in [1.807, 2.05) is 0 Å². The molecule has 6 atom stereocenters. The van der Waals surface area contributed by atoms with E-state index in [1.54, 1.807) is 0 Å². The Morgan fingerprint density at radius 2 is 1.47 bits per heavy atom. The van der Waals surface area contributed by atoms with Crippen molar-refractivity contribution in [2.75, 3.05) is 25.5 Å². The summed E-state index contributed by atoms with van der Waals surface area (Å²) in [5, 5.41) is 51.1. The normalized spacial score (nSPS) is 25.6. The fourth-order valence-corrected chi connectivity index (χ4v) is 4.35. The van der Waals surface area contributed by atoms with E-state index in [1.165, 1.54) is 0 Å². The molecular formula is C23H45NO11S. The summed E-state index contributed by atoms with van der Waals surface area (Å²) in [4.78, 5) is 11.6. The third kappa shape index (κ3) is 14.7. The molecule has 1 rings (SSSR count). The van der Waals surface area contributed by atoms with Gasteiger partial charge in [0.05, 0.1) is 18.5 Å². The lowest BCUT2D eigenvalue weighted by Crippen LogP contribution is -2.59. The van der Waals surface area contributed by atoms with Crippen LogP contribution in [0.4, 0.5) is 0 Å². The lowest BCUT2D eigenvalue weighted by molar-refractivity contribution is -0.301. The predicted molar refractivity (Wildman–Crippen MR) is 131 cm³/mol. The quantitative estimate of drug-likeness (QED) is 0.0794. The number of nitrogens with one attached hydrogen (secondary N) is 1. The van der Waals surface area contributed by atoms with Gasteiger partial charge in [-0.05, 0) is 25.7 Å². The topological polar surface area (TPSA) is 203 Å². The van der Waals surface area contributed by atoms with E-state index < -0.39 is 53.2 Å². The number of hydrogen-bond donors (Lipinski definition) is 7. The average Bonchev–Trinajstić information content (AvgIpc) is 2.81. The molecule has 0 radical (unpaired) electrons. The van der Waals surface area contributed by atoms with Crippen LogP contribution in [0.15, 0.2) is 0 Å². The SMILES string of the molecule is O=C(CCCCCCC(O)CCCCCCCO[C@@H]1O[C@H](CO)[C@@H](O)[C@H](O)[C@H]1O)NCCS(=O)(=O)O. The Bertz CT molecular complexity index is 692. The summed E-state index contributed by atoms with van der Waals surface area (Å²) in [6.07, 6.45) is 2.95. The molecule has 13 heteroatoms. The van der Waals surface area contributed by atoms with Crippen molar-refractivity contribution in [2.45, 2.75) is 114 Å². The molecule has 0 saturated carbocycles. The van der Waals surface area contributed by atoms with E-state index in [0.29, 0.717) is 25.9 Å². The van der Waals surface area contributed by atoms with E-state index in [9.17, 15) is 38.7 Å². The number of carbonyl (C=O) groups excluding carboxylic acids is 1. The highest BCUT2D eigenvalue weighted by Gasteiger charge is 2.43. The van der Waals surface area contributed by atoms with E-state index >= 15 is 0 Å². The predicted octanol–water partition coefficient (Wildman–Crippen LogP) is -0.151. The summed E-state index contributed by atoms with van der Waals surface area (Å²) in [7, 11) is -4.06. The van der Waals surface area contributed by atoms with Gasteiger partial charge in [0.25, 0.3) is 10.1 Å². The highest BCUT2D eigenvalue weighted by Crippen LogP contribution is 2.22. The van der Waals surface area contributed by atoms with Crippen LogP contribution in [0.5, 0.6) is 0 Å². The molecule has 1 unspecified atom stereocenters. The second-order valence-electron chi connectivity index (χ2n) is 9.37. The van der Waals surface area contributed by atoms with Gasteiger partial charge in [0, 0.05) is 19.6 Å². The van der Waals surface area contributed by atoms with Crippen molar-refractivity contribution in [3.05, 3.63) is 0 Å². The number of ether oxygens (including phenoxy) is 2. The first-order chi connectivity index (χ1) is 17.0. The average molecular weight is 544 g/mol. The van der Waals surface area contributed by atoms with Gasteiger partial charge in [-0.25, -0.2) is 0 Å². The monoisotopic (exact) mass is 543 g/mol. The zero-order valence-electron chi connectivity index (χ0n) is 20.9. The van der Waals surface area contributed by atoms with Gasteiger partial charge in [-0.3, -0.25) is 9.35 Å². The van der Waals surface area contributed by atoms with Crippen molar-refractivity contribution in [2.24, 2.45) is 0 Å². The van der Waals surface area contributed by atoms with Crippen molar-refractivity contribution in [3.63, 3.8) is 0 Å². The summed E-state index contributed by atoms with van der Waals surface area (Å²) in [6.45, 7) is -0.267. The molecule has 0 aliphatic carbocycles. The molecule has 7 N–H and O–H groups in total. The summed E-state index contributed by atoms with van der Waals surface area (Å²) in [5.41, 5.74) is 0. The van der Waals surface area contributed by atoms with Crippen LogP contribution in [-0.2, 0) is 24.4 Å². The molecule has 1 aliphatic rings. The van der Waals surface area contributed by atoms with Gasteiger partial charge < -0.3 is 40.3 Å². The molecule has 0 spiro atoms. The number of aliphatic hydroxyl groups is 5. The molecule has 36 heavy (non-hydrogen) atoms. The van der Waals surface area contributed by atoms with Crippen LogP contribution in [0.3, 0.4) is 0 Å². The molecule has 1 amide bonds. The highest BCUT2D eigenvalue weighted by molar-refractivity contribution is 7.85. The molecule has 214 valence electrons. The molecule has 12 nitrogen and oxygen atoms in total. The molecule has 0 aromatic carbocycles. The van der Waals surface area contributed by atoms with Crippen LogP contribution >= 0.6 is 0 Å². The van der Waals surface area contributed by atoms with Crippen LogP contribution in [0.1, 0.15) is 77.0 Å². The molecule has 0 bridgehead atoms. The van der Waals surface area contributed by atoms with Crippen LogP contribution in [0, 0.1) is 0 Å². The van der Waals surface area contributed by atoms with Gasteiger partial charge in [-0.2, -0.15) is 8.42 Å². The molecule has 1 fully saturated rings. The van der Waals surface area contributed by atoms with Crippen molar-refractivity contribution >= 4 is 16.0 Å². The van der Waals surface area contributed by atoms with Gasteiger partial charge >= 0.3 is 0 Å². The maximum Gasteiger partial charge on any atom is 0.266 e. The maximum atomic E-state index is 11.6. The second kappa shape index (κ2) is 18.4. The minimum absolute atomic E-state index is 0.0974. The van der Waals surface area contributed by atoms with Crippen LogP contribution in [-0.4, -0.2) is 107 Å². The summed E-state index contributed by atoms with van der Waals surface area (Å²) in [5.74, 6) is -0.726. The standard InChI is InChI=1S/C23H45NO11S/c25-16-18-20(28)21(29)22(30)23(35-18)34-14-9-5-1-2-6-10-17(26)11-7-3-4-8-12-19(27)24-13-15-36(31,32)33/h17-18,20-23,25-26,28-30H,1-16H2,(H,24,27)(H,31,32,33)/t17?,18-,20-,21+,22-,23-/m1/s1. The zero-order valence-corrected chi connectivity index (χ0v) is 21.7. The van der Waals surface area contributed by atoms with Gasteiger partial charge in [-0.1, -0.05) is 44.9 Å². The van der Waals surface area contributed by atoms with E-state index in [2.05, 4.69) is 5.32 Å². The number of amides is 1. The molecule has 0 aromatic heterocycles. The number of unbranched alkanes of at least 4 members (excludes halogenated alkanes) is 7. The first kappa shape index (κ1) is 33.1. The van der Waals surface area contributed by atoms with E-state index in [-0.39, 0.29) is 18.6 Å². The Morgan fingerprint density at radius 3 is 2.08 bits per heavy atom. The molecular weight excluding hydrogens is 498 g/mol. The minimum Gasteiger partial charge on any atom is -0.394 e. The largest absolute Gasteiger partial charge is 0.394 e. The number of rotatable bonds is 20. The van der Waals surface area contributed by atoms with Crippen molar-refractivity contribution in [1.82, 2.24) is 5.32 Å². The van der Waals surface area contributed by atoms with E-state index in [0.717, 1.165) is 57.8 Å². The number of aliphatic hydroxyl groups excluding tert-OH is 5. The molecule has 1 heterocycles. The Morgan fingerprint density at radius 1 is 0.889 bits per heavy atom. The van der Waals surface area contributed by atoms with Crippen molar-refractivity contribution in [1.29, 1.82) is 0 Å². The van der Waals surface area contributed by atoms with Crippen LogP contribution in [0.2, 0.25) is 0 Å². The lowest BCUT2D eigenvalue weighted by Gasteiger charge is -2.39. The highest BCUT2D eigenvalue weighted by atomic mass is 32.2. The maximum absolute atomic E-state index is 11.6. The minimum atomic E-state index is -4.06. The Balaban J connectivity index is 1.93. The molecule has 1 aliphatic heterocycles. The van der Waals surface area contributed by atoms with Crippen LogP contribution in [0.25, 0.3) is 0 Å². The Hall–Kier alpha value is -0.900. The number of carbonyl (C=O) groups is 1. The second-order valence-corrected chi connectivity index (χ2v) is 10.9. The smallest absolute Gasteiger partial charge is 0.266 e. The van der Waals surface area contributed by atoms with Gasteiger partial charge in [0.2, 0.25) is 5.91 Å². The third-order valence-corrected chi connectivity index (χ3v) is 6.91. The Kier molecular flexibility index (Phi) is 16.9.